The second-order valence-corrected chi connectivity index (χ2v) is 11.9. The Morgan fingerprint density at radius 1 is 1.12 bits per heavy atom. The van der Waals surface area contributed by atoms with Gasteiger partial charge in [0.05, 0.1) is 18.9 Å². The fourth-order valence-electron chi connectivity index (χ4n) is 8.07. The van der Waals surface area contributed by atoms with Crippen molar-refractivity contribution in [2.45, 2.75) is 71.3 Å². The average molecular weight is 434 g/mol. The summed E-state index contributed by atoms with van der Waals surface area (Å²) < 4.78 is 7.50. The largest absolute Gasteiger partial charge is 0.465 e. The van der Waals surface area contributed by atoms with Crippen LogP contribution in [0.2, 0.25) is 0 Å². The Morgan fingerprint density at radius 3 is 2.41 bits per heavy atom. The predicted octanol–water partition coefficient (Wildman–Crippen LogP) is 5.56. The van der Waals surface area contributed by atoms with Crippen molar-refractivity contribution in [3.63, 3.8) is 0 Å². The zero-order valence-electron chi connectivity index (χ0n) is 19.8. The van der Waals surface area contributed by atoms with Gasteiger partial charge in [0, 0.05) is 41.0 Å². The van der Waals surface area contributed by atoms with E-state index < -0.39 is 0 Å². The number of nitrogens with one attached hydrogen (secondary N) is 1. The number of hydrogen-bond acceptors (Lipinski definition) is 4. The van der Waals surface area contributed by atoms with Crippen LogP contribution in [-0.2, 0) is 16.7 Å². The molecular weight excluding hydrogens is 398 g/mol. The second-order valence-electron chi connectivity index (χ2n) is 11.9. The van der Waals surface area contributed by atoms with E-state index in [-0.39, 0.29) is 11.4 Å². The fourth-order valence-corrected chi connectivity index (χ4v) is 8.07. The van der Waals surface area contributed by atoms with E-state index in [0.717, 1.165) is 58.9 Å². The molecule has 0 radical (unpaired) electrons. The van der Waals surface area contributed by atoms with Gasteiger partial charge in [-0.1, -0.05) is 19.9 Å². The standard InChI is InChI=1S/C27H35N3O2/c1-16-21(20-5-6-22-24(23(20)25(31)32-4)26(2,3)14-28-22)13-29-30(16)15-27-10-17-7-18(11-27)9-19(8-17)12-27/h5-6,13,17-19,28H,7-12,14-15H2,1-4H3. The molecule has 0 amide bonds. The second kappa shape index (κ2) is 6.85. The lowest BCUT2D eigenvalue weighted by atomic mass is 9.49. The summed E-state index contributed by atoms with van der Waals surface area (Å²) in [7, 11) is 1.48. The summed E-state index contributed by atoms with van der Waals surface area (Å²) in [6, 6.07) is 4.18. The van der Waals surface area contributed by atoms with Gasteiger partial charge in [0.25, 0.3) is 0 Å². The minimum atomic E-state index is -0.262. The van der Waals surface area contributed by atoms with Crippen molar-refractivity contribution in [2.75, 3.05) is 19.0 Å². The highest BCUT2D eigenvalue weighted by Gasteiger charge is 2.51. The Hall–Kier alpha value is -2.30. The number of anilines is 1. The molecule has 0 unspecified atom stereocenters. The van der Waals surface area contributed by atoms with Gasteiger partial charge in [-0.25, -0.2) is 4.79 Å². The van der Waals surface area contributed by atoms with E-state index in [1.54, 1.807) is 0 Å². The minimum Gasteiger partial charge on any atom is -0.465 e. The van der Waals surface area contributed by atoms with E-state index in [0.29, 0.717) is 11.0 Å². The van der Waals surface area contributed by atoms with Crippen LogP contribution < -0.4 is 5.32 Å². The lowest BCUT2D eigenvalue weighted by molar-refractivity contribution is -0.0638. The highest BCUT2D eigenvalue weighted by molar-refractivity contribution is 6.01. The smallest absolute Gasteiger partial charge is 0.338 e. The van der Waals surface area contributed by atoms with Crippen LogP contribution in [0.5, 0.6) is 0 Å². The number of nitrogens with zero attached hydrogens (tertiary/aromatic N) is 2. The van der Waals surface area contributed by atoms with Gasteiger partial charge in [0.2, 0.25) is 0 Å². The van der Waals surface area contributed by atoms with Crippen LogP contribution in [0, 0.1) is 30.1 Å². The van der Waals surface area contributed by atoms with E-state index in [9.17, 15) is 4.79 Å². The molecule has 4 fully saturated rings. The summed E-state index contributed by atoms with van der Waals surface area (Å²) in [5, 5.41) is 8.34. The molecule has 0 saturated heterocycles. The maximum Gasteiger partial charge on any atom is 0.338 e. The van der Waals surface area contributed by atoms with Gasteiger partial charge in [-0.15, -0.1) is 0 Å². The summed E-state index contributed by atoms with van der Waals surface area (Å²) in [4.78, 5) is 13.0. The van der Waals surface area contributed by atoms with Crippen LogP contribution >= 0.6 is 0 Å². The van der Waals surface area contributed by atoms with Crippen molar-refractivity contribution in [2.24, 2.45) is 23.2 Å². The number of aromatic nitrogens is 2. The van der Waals surface area contributed by atoms with Gasteiger partial charge in [0.15, 0.2) is 0 Å². The Labute approximate surface area is 190 Å². The Morgan fingerprint density at radius 2 is 1.78 bits per heavy atom. The number of carbonyl (C=O) groups excluding carboxylic acids is 1. The summed E-state index contributed by atoms with van der Waals surface area (Å²) >= 11 is 0. The van der Waals surface area contributed by atoms with E-state index in [2.05, 4.69) is 42.9 Å². The van der Waals surface area contributed by atoms with E-state index in [1.807, 2.05) is 6.20 Å². The number of methoxy groups -OCH3 is 1. The molecule has 4 saturated carbocycles. The van der Waals surface area contributed by atoms with Crippen molar-refractivity contribution >= 4 is 11.7 Å². The molecule has 0 spiro atoms. The van der Waals surface area contributed by atoms with Crippen LogP contribution in [0.15, 0.2) is 18.3 Å². The molecule has 32 heavy (non-hydrogen) atoms. The number of benzene rings is 1. The van der Waals surface area contributed by atoms with E-state index in [4.69, 9.17) is 9.84 Å². The number of fused-ring (bicyclic) bond motifs is 1. The first-order chi connectivity index (χ1) is 15.3. The molecule has 2 aromatic rings. The maximum absolute atomic E-state index is 13.0. The third-order valence-electron chi connectivity index (χ3n) is 9.04. The normalized spacial score (nSPS) is 31.4. The van der Waals surface area contributed by atoms with Gasteiger partial charge in [0.1, 0.15) is 0 Å². The first-order valence-corrected chi connectivity index (χ1v) is 12.3. The maximum atomic E-state index is 13.0. The topological polar surface area (TPSA) is 56.1 Å². The molecular formula is C27H35N3O2. The number of hydrogen-bond donors (Lipinski definition) is 1. The Kier molecular flexibility index (Phi) is 4.35. The molecule has 5 nitrogen and oxygen atoms in total. The van der Waals surface area contributed by atoms with Crippen molar-refractivity contribution in [3.05, 3.63) is 35.2 Å². The SMILES string of the molecule is COC(=O)c1c(-c2cnn(CC34CC5CC(CC(C5)C3)C4)c2C)ccc2c1C(C)(C)CN2. The van der Waals surface area contributed by atoms with Crippen molar-refractivity contribution < 1.29 is 9.53 Å². The van der Waals surface area contributed by atoms with Gasteiger partial charge in [-0.3, -0.25) is 4.68 Å². The lowest BCUT2D eigenvalue weighted by Gasteiger charge is -2.56. The molecule has 1 aromatic carbocycles. The average Bonchev–Trinajstić information content (AvgIpc) is 3.24. The third-order valence-corrected chi connectivity index (χ3v) is 9.04. The lowest BCUT2D eigenvalue weighted by Crippen LogP contribution is -2.48. The Bertz CT molecular complexity index is 1060. The van der Waals surface area contributed by atoms with Gasteiger partial charge < -0.3 is 10.1 Å². The fraction of sp³-hybridized carbons (Fsp3) is 0.630. The summed E-state index contributed by atoms with van der Waals surface area (Å²) in [5.41, 5.74) is 6.26. The number of carbonyl (C=O) groups is 1. The van der Waals surface area contributed by atoms with E-state index in [1.165, 1.54) is 45.6 Å². The van der Waals surface area contributed by atoms with Crippen LogP contribution in [0.4, 0.5) is 5.69 Å². The van der Waals surface area contributed by atoms with Gasteiger partial charge in [-0.2, -0.15) is 5.10 Å². The van der Waals surface area contributed by atoms with E-state index >= 15 is 0 Å². The molecule has 5 heteroatoms. The molecule has 7 rings (SSSR count). The molecule has 4 aliphatic carbocycles. The molecule has 1 aromatic heterocycles. The van der Waals surface area contributed by atoms with Crippen molar-refractivity contribution in [1.29, 1.82) is 0 Å². The summed E-state index contributed by atoms with van der Waals surface area (Å²) in [6.07, 6.45) is 10.5. The number of ether oxygens (including phenoxy) is 1. The summed E-state index contributed by atoms with van der Waals surface area (Å²) in [6.45, 7) is 8.38. The van der Waals surface area contributed by atoms with Crippen LogP contribution in [0.3, 0.4) is 0 Å². The molecule has 2 heterocycles. The van der Waals surface area contributed by atoms with Crippen molar-refractivity contribution in [3.8, 4) is 11.1 Å². The predicted molar refractivity (Wildman–Crippen MR) is 126 cm³/mol. The number of rotatable bonds is 4. The minimum absolute atomic E-state index is 0.127. The van der Waals surface area contributed by atoms with Crippen LogP contribution in [-0.4, -0.2) is 29.4 Å². The monoisotopic (exact) mass is 433 g/mol. The molecule has 5 aliphatic rings. The van der Waals surface area contributed by atoms with Gasteiger partial charge in [-0.05, 0) is 80.2 Å². The number of esters is 1. The van der Waals surface area contributed by atoms with Crippen LogP contribution in [0.1, 0.15) is 74.0 Å². The molecule has 1 aliphatic heterocycles. The first-order valence-electron chi connectivity index (χ1n) is 12.3. The molecule has 4 bridgehead atoms. The van der Waals surface area contributed by atoms with Crippen LogP contribution in [0.25, 0.3) is 11.1 Å². The highest BCUT2D eigenvalue weighted by atomic mass is 16.5. The third kappa shape index (κ3) is 2.96. The molecule has 0 atom stereocenters. The zero-order valence-corrected chi connectivity index (χ0v) is 19.8. The van der Waals surface area contributed by atoms with Crippen molar-refractivity contribution in [1.82, 2.24) is 9.78 Å². The molecule has 170 valence electrons. The highest BCUT2D eigenvalue weighted by Crippen LogP contribution is 2.60. The van der Waals surface area contributed by atoms with Gasteiger partial charge >= 0.3 is 5.97 Å². The molecule has 1 N–H and O–H groups in total. The Balaban J connectivity index is 1.39. The first kappa shape index (κ1) is 20.3. The summed E-state index contributed by atoms with van der Waals surface area (Å²) in [5.74, 6) is 2.55. The quantitative estimate of drug-likeness (QED) is 0.641. The zero-order chi connectivity index (χ0) is 22.3.